The van der Waals surface area contributed by atoms with Crippen LogP contribution in [0.2, 0.25) is 0 Å². The third kappa shape index (κ3) is 68.6. The van der Waals surface area contributed by atoms with Crippen LogP contribution in [-0.2, 0) is 27.9 Å². The van der Waals surface area contributed by atoms with Crippen molar-refractivity contribution in [2.75, 3.05) is 40.9 Å². The normalized spacial score (nSPS) is 14.2. The fourth-order valence-corrected chi connectivity index (χ4v) is 11.0. The van der Waals surface area contributed by atoms with E-state index in [1.807, 2.05) is 33.3 Å². The van der Waals surface area contributed by atoms with Crippen LogP contribution in [0, 0.1) is 0 Å². The summed E-state index contributed by atoms with van der Waals surface area (Å²) < 4.78 is 30.9. The monoisotopic (exact) mass is 1260 g/mol. The minimum absolute atomic E-state index is 0.0305. The Bertz CT molecular complexity index is 1940. The SMILES string of the molecule is CC/C=C\C/C=C\C/C=C\C/C=C\C/C=C\C/C=C\CCCCCCC(=O)OC(/C=C\CCCCCCCCCCCCC)C(COP(=O)(O)OCC[N+](C)(C)C)NC(=O)CCCCCCCCCCCCCCCC/C=C\C/C=C\C/C=C\CCCCC. The van der Waals surface area contributed by atoms with E-state index in [-0.39, 0.29) is 31.5 Å². The number of unbranched alkanes of at least 4 members (excludes halogenated alkanes) is 32. The molecular weight excluding hydrogens is 1120 g/mol. The zero-order valence-corrected chi connectivity index (χ0v) is 59.5. The summed E-state index contributed by atoms with van der Waals surface area (Å²) in [6.45, 7) is 6.87. The molecule has 0 rings (SSSR count). The lowest BCUT2D eigenvalue weighted by molar-refractivity contribution is -0.870. The molecular formula is C79H140N2O7P+. The molecule has 0 aliphatic carbocycles. The second-order valence-corrected chi connectivity index (χ2v) is 27.2. The molecule has 0 heterocycles. The molecule has 9 nitrogen and oxygen atoms in total. The van der Waals surface area contributed by atoms with Gasteiger partial charge in [-0.25, -0.2) is 4.57 Å². The van der Waals surface area contributed by atoms with E-state index in [2.05, 4.69) is 135 Å². The van der Waals surface area contributed by atoms with Gasteiger partial charge >= 0.3 is 13.8 Å². The topological polar surface area (TPSA) is 111 Å². The van der Waals surface area contributed by atoms with Gasteiger partial charge in [0.25, 0.3) is 0 Å². The van der Waals surface area contributed by atoms with Gasteiger partial charge < -0.3 is 19.4 Å². The summed E-state index contributed by atoms with van der Waals surface area (Å²) in [5, 5.41) is 3.07. The number of hydrogen-bond acceptors (Lipinski definition) is 6. The van der Waals surface area contributed by atoms with Crippen molar-refractivity contribution < 1.29 is 37.3 Å². The summed E-state index contributed by atoms with van der Waals surface area (Å²) in [6, 6.07) is -0.869. The third-order valence-corrected chi connectivity index (χ3v) is 16.9. The van der Waals surface area contributed by atoms with Crippen LogP contribution >= 0.6 is 7.82 Å². The number of nitrogens with zero attached hydrogens (tertiary/aromatic N) is 1. The first-order chi connectivity index (χ1) is 43.4. The van der Waals surface area contributed by atoms with Crippen molar-refractivity contribution in [3.63, 3.8) is 0 Å². The predicted octanol–water partition coefficient (Wildman–Crippen LogP) is 23.8. The van der Waals surface area contributed by atoms with Gasteiger partial charge in [-0.15, -0.1) is 0 Å². The Morgan fingerprint density at radius 2 is 0.719 bits per heavy atom. The van der Waals surface area contributed by atoms with Gasteiger partial charge in [-0.1, -0.05) is 303 Å². The number of likely N-dealkylation sites (N-methyl/N-ethyl adjacent to an activating group) is 1. The molecule has 0 radical (unpaired) electrons. The number of phosphoric acid groups is 1. The van der Waals surface area contributed by atoms with Gasteiger partial charge in [0.2, 0.25) is 5.91 Å². The zero-order chi connectivity index (χ0) is 64.9. The number of nitrogens with one attached hydrogen (secondary N) is 1. The lowest BCUT2D eigenvalue weighted by Crippen LogP contribution is -2.47. The van der Waals surface area contributed by atoms with Gasteiger partial charge in [0.1, 0.15) is 19.3 Å². The quantitative estimate of drug-likeness (QED) is 0.0205. The number of rotatable bonds is 66. The van der Waals surface area contributed by atoms with Gasteiger partial charge in [-0.2, -0.15) is 0 Å². The number of quaternary nitrogens is 1. The Balaban J connectivity index is 5.11. The van der Waals surface area contributed by atoms with E-state index in [1.165, 1.54) is 161 Å². The van der Waals surface area contributed by atoms with Crippen LogP contribution in [0.25, 0.3) is 0 Å². The minimum Gasteiger partial charge on any atom is -0.456 e. The highest BCUT2D eigenvalue weighted by Gasteiger charge is 2.30. The fourth-order valence-electron chi connectivity index (χ4n) is 10.2. The van der Waals surface area contributed by atoms with Crippen LogP contribution in [0.1, 0.15) is 316 Å². The van der Waals surface area contributed by atoms with Crippen molar-refractivity contribution >= 4 is 19.7 Å². The van der Waals surface area contributed by atoms with Crippen molar-refractivity contribution in [3.05, 3.63) is 122 Å². The lowest BCUT2D eigenvalue weighted by atomic mass is 10.0. The highest BCUT2D eigenvalue weighted by molar-refractivity contribution is 7.47. The van der Waals surface area contributed by atoms with E-state index >= 15 is 0 Å². The molecule has 0 bridgehead atoms. The Kier molecular flexibility index (Phi) is 64.6. The van der Waals surface area contributed by atoms with Crippen LogP contribution in [0.5, 0.6) is 0 Å². The van der Waals surface area contributed by atoms with Gasteiger partial charge in [0.15, 0.2) is 0 Å². The number of esters is 1. The molecule has 0 aliphatic rings. The molecule has 0 saturated heterocycles. The number of amides is 1. The number of carbonyl (C=O) groups is 2. The second-order valence-electron chi connectivity index (χ2n) is 25.7. The maximum absolute atomic E-state index is 13.6. The zero-order valence-electron chi connectivity index (χ0n) is 58.6. The highest BCUT2D eigenvalue weighted by atomic mass is 31.2. The van der Waals surface area contributed by atoms with Crippen molar-refractivity contribution in [2.24, 2.45) is 0 Å². The average Bonchev–Trinajstić information content (AvgIpc) is 3.57. The fraction of sp³-hybridized carbons (Fsp3) is 0.722. The van der Waals surface area contributed by atoms with Crippen LogP contribution < -0.4 is 5.32 Å². The predicted molar refractivity (Wildman–Crippen MR) is 387 cm³/mol. The molecule has 2 N–H and O–H groups in total. The summed E-state index contributed by atoms with van der Waals surface area (Å²) >= 11 is 0. The Morgan fingerprint density at radius 3 is 1.10 bits per heavy atom. The molecule has 3 unspecified atom stereocenters. The molecule has 0 fully saturated rings. The maximum atomic E-state index is 13.6. The molecule has 0 aromatic rings. The van der Waals surface area contributed by atoms with E-state index in [4.69, 9.17) is 13.8 Å². The van der Waals surface area contributed by atoms with E-state index in [0.717, 1.165) is 116 Å². The standard InChI is InChI=1S/C79H139N2O7P/c1-7-10-13-16-19-22-25-28-30-32-34-36-38-39-40-41-43-44-46-48-50-53-56-59-62-65-68-71-78(82)80-76(75-87-89(84,85)86-74-73-81(4,5)6)77(70-67-64-61-58-55-52-27-24-21-18-15-12-9-3)88-79(83)72-69-66-63-60-57-54-51-49-47-45-42-37-35-33-31-29-26-23-20-17-14-11-8-2/h11,14,19-20,22-23,28-31,34-37,45,47,51,54,67,70,76-77H,7-10,12-13,15-18,21,24-27,32-33,38-44,46,48-50,52-53,55-66,68-69,71-75H2,1-6H3,(H-,80,82,84,85)/p+1/b14-11-,22-19-,23-20-,30-28-,31-29-,36-34-,37-35-,47-45-,54-51-,70-67-. The molecule has 3 atom stereocenters. The molecule has 1 amide bonds. The Hall–Kier alpha value is -3.59. The van der Waals surface area contributed by atoms with Gasteiger partial charge in [0.05, 0.1) is 33.8 Å². The summed E-state index contributed by atoms with van der Waals surface area (Å²) in [4.78, 5) is 38.0. The number of ether oxygens (including phenoxy) is 1. The average molecular weight is 1260 g/mol. The first-order valence-corrected chi connectivity index (χ1v) is 38.4. The molecule has 0 spiro atoms. The number of allylic oxidation sites excluding steroid dienone is 19. The van der Waals surface area contributed by atoms with Gasteiger partial charge in [-0.3, -0.25) is 18.6 Å². The summed E-state index contributed by atoms with van der Waals surface area (Å²) in [5.41, 5.74) is 0. The molecule has 512 valence electrons. The first-order valence-electron chi connectivity index (χ1n) is 36.9. The Morgan fingerprint density at radius 1 is 0.404 bits per heavy atom. The van der Waals surface area contributed by atoms with E-state index in [0.29, 0.717) is 23.9 Å². The minimum atomic E-state index is -4.47. The smallest absolute Gasteiger partial charge is 0.456 e. The van der Waals surface area contributed by atoms with Crippen LogP contribution in [0.3, 0.4) is 0 Å². The number of carbonyl (C=O) groups excluding carboxylic acids is 2. The van der Waals surface area contributed by atoms with Gasteiger partial charge in [-0.05, 0) is 122 Å². The second kappa shape index (κ2) is 67.3. The molecule has 89 heavy (non-hydrogen) atoms. The Labute approximate surface area is 550 Å². The third-order valence-electron chi connectivity index (χ3n) is 15.9. The molecule has 0 aromatic carbocycles. The highest BCUT2D eigenvalue weighted by Crippen LogP contribution is 2.43. The van der Waals surface area contributed by atoms with Gasteiger partial charge in [0, 0.05) is 12.8 Å². The van der Waals surface area contributed by atoms with Crippen LogP contribution in [-0.4, -0.2) is 74.3 Å². The number of hydrogen-bond donors (Lipinski definition) is 2. The molecule has 0 aliphatic heterocycles. The van der Waals surface area contributed by atoms with E-state index in [9.17, 15) is 19.0 Å². The van der Waals surface area contributed by atoms with Crippen molar-refractivity contribution in [1.82, 2.24) is 5.32 Å². The lowest BCUT2D eigenvalue weighted by Gasteiger charge is -2.27. The van der Waals surface area contributed by atoms with Crippen LogP contribution in [0.4, 0.5) is 0 Å². The van der Waals surface area contributed by atoms with E-state index < -0.39 is 20.0 Å². The summed E-state index contributed by atoms with van der Waals surface area (Å²) in [6.07, 6.45) is 95.0. The largest absolute Gasteiger partial charge is 0.472 e. The van der Waals surface area contributed by atoms with Crippen molar-refractivity contribution in [3.8, 4) is 0 Å². The van der Waals surface area contributed by atoms with Crippen molar-refractivity contribution in [2.45, 2.75) is 328 Å². The van der Waals surface area contributed by atoms with Crippen LogP contribution in [0.15, 0.2) is 122 Å². The number of phosphoric ester groups is 1. The van der Waals surface area contributed by atoms with E-state index in [1.54, 1.807) is 0 Å². The molecule has 0 aromatic heterocycles. The first kappa shape index (κ1) is 85.4. The summed E-state index contributed by atoms with van der Waals surface area (Å²) in [5.74, 6) is -0.533. The molecule has 0 saturated carbocycles. The maximum Gasteiger partial charge on any atom is 0.472 e. The van der Waals surface area contributed by atoms with Crippen molar-refractivity contribution in [1.29, 1.82) is 0 Å². The summed E-state index contributed by atoms with van der Waals surface area (Å²) in [7, 11) is 1.47. The molecule has 10 heteroatoms.